The van der Waals surface area contributed by atoms with Gasteiger partial charge in [0.2, 0.25) is 5.91 Å². The number of thiazole rings is 1. The van der Waals surface area contributed by atoms with Gasteiger partial charge in [-0.25, -0.2) is 9.97 Å². The first kappa shape index (κ1) is 16.7. The minimum Gasteiger partial charge on any atom is -0.348 e. The van der Waals surface area contributed by atoms with E-state index in [1.165, 1.54) is 4.57 Å². The molecule has 3 aromatic rings. The van der Waals surface area contributed by atoms with Crippen molar-refractivity contribution in [1.82, 2.24) is 19.9 Å². The standard InChI is InChI=1S/C15H13N5O4S/c1-9-18-11-5-3-2-4-10(11)15(22)19(9)8-12(21)16-6-13-17-7-14(25-13)20(23)24/h2-5,7H,6,8H2,1H3,(H,16,21). The summed E-state index contributed by atoms with van der Waals surface area (Å²) < 4.78 is 1.29. The normalized spacial score (nSPS) is 10.8. The molecular weight excluding hydrogens is 346 g/mol. The number of hydrogen-bond donors (Lipinski definition) is 1. The summed E-state index contributed by atoms with van der Waals surface area (Å²) in [6.45, 7) is 1.54. The van der Waals surface area contributed by atoms with Crippen LogP contribution in [0.5, 0.6) is 0 Å². The summed E-state index contributed by atoms with van der Waals surface area (Å²) in [5.74, 6) is 0.0314. The predicted octanol–water partition coefficient (Wildman–Crippen LogP) is 1.39. The molecule has 9 nitrogen and oxygen atoms in total. The molecule has 0 spiro atoms. The van der Waals surface area contributed by atoms with Gasteiger partial charge >= 0.3 is 5.00 Å². The van der Waals surface area contributed by atoms with Crippen molar-refractivity contribution in [2.24, 2.45) is 0 Å². The number of hydrogen-bond acceptors (Lipinski definition) is 7. The van der Waals surface area contributed by atoms with Crippen LogP contribution in [0.25, 0.3) is 10.9 Å². The van der Waals surface area contributed by atoms with E-state index >= 15 is 0 Å². The molecule has 0 unspecified atom stereocenters. The third-order valence-corrected chi connectivity index (χ3v) is 4.46. The van der Waals surface area contributed by atoms with Gasteiger partial charge < -0.3 is 5.32 Å². The number of fused-ring (bicyclic) bond motifs is 1. The largest absolute Gasteiger partial charge is 0.348 e. The number of aryl methyl sites for hydroxylation is 1. The predicted molar refractivity (Wildman–Crippen MR) is 91.4 cm³/mol. The Kier molecular flexibility index (Phi) is 4.52. The average Bonchev–Trinajstić information content (AvgIpc) is 3.06. The van der Waals surface area contributed by atoms with Crippen LogP contribution in [0.15, 0.2) is 35.3 Å². The van der Waals surface area contributed by atoms with Gasteiger partial charge in [-0.05, 0) is 30.4 Å². The maximum absolute atomic E-state index is 12.5. The molecule has 1 aromatic carbocycles. The van der Waals surface area contributed by atoms with Crippen LogP contribution in [0.3, 0.4) is 0 Å². The summed E-state index contributed by atoms with van der Waals surface area (Å²) in [7, 11) is 0. The first-order valence-corrected chi connectivity index (χ1v) is 8.09. The van der Waals surface area contributed by atoms with E-state index in [4.69, 9.17) is 0 Å². The summed E-state index contributed by atoms with van der Waals surface area (Å²) in [5, 5.41) is 14.0. The van der Waals surface area contributed by atoms with Crippen molar-refractivity contribution >= 4 is 33.1 Å². The van der Waals surface area contributed by atoms with Gasteiger partial charge in [-0.3, -0.25) is 24.3 Å². The van der Waals surface area contributed by atoms with Gasteiger partial charge in [-0.1, -0.05) is 12.1 Å². The van der Waals surface area contributed by atoms with Crippen LogP contribution in [0.4, 0.5) is 5.00 Å². The molecule has 10 heteroatoms. The zero-order chi connectivity index (χ0) is 18.0. The number of carbonyl (C=O) groups excluding carboxylic acids is 1. The zero-order valence-corrected chi connectivity index (χ0v) is 13.9. The Labute approximate surface area is 145 Å². The van der Waals surface area contributed by atoms with Gasteiger partial charge in [0.1, 0.15) is 23.6 Å². The van der Waals surface area contributed by atoms with E-state index < -0.39 is 10.8 Å². The number of amides is 1. The van der Waals surface area contributed by atoms with Crippen molar-refractivity contribution in [2.75, 3.05) is 0 Å². The molecular formula is C15H13N5O4S. The lowest BCUT2D eigenvalue weighted by atomic mass is 10.2. The molecule has 0 bridgehead atoms. The summed E-state index contributed by atoms with van der Waals surface area (Å²) >= 11 is 0.892. The number of rotatable bonds is 5. The van der Waals surface area contributed by atoms with Gasteiger partial charge in [-0.2, -0.15) is 0 Å². The quantitative estimate of drug-likeness (QED) is 0.543. The fourth-order valence-corrected chi connectivity index (χ4v) is 2.98. The van der Waals surface area contributed by atoms with E-state index in [2.05, 4.69) is 15.3 Å². The van der Waals surface area contributed by atoms with Crippen LogP contribution < -0.4 is 10.9 Å². The van der Waals surface area contributed by atoms with E-state index in [-0.39, 0.29) is 23.6 Å². The highest BCUT2D eigenvalue weighted by molar-refractivity contribution is 7.14. The van der Waals surface area contributed by atoms with Crippen molar-refractivity contribution in [2.45, 2.75) is 20.0 Å². The fourth-order valence-electron chi connectivity index (χ4n) is 2.31. The van der Waals surface area contributed by atoms with Crippen molar-refractivity contribution in [1.29, 1.82) is 0 Å². The highest BCUT2D eigenvalue weighted by atomic mass is 32.1. The third-order valence-electron chi connectivity index (χ3n) is 3.51. The molecule has 0 radical (unpaired) electrons. The molecule has 0 saturated heterocycles. The SMILES string of the molecule is Cc1nc2ccccc2c(=O)n1CC(=O)NCc1ncc([N+](=O)[O-])s1. The van der Waals surface area contributed by atoms with Gasteiger partial charge in [0.05, 0.1) is 22.4 Å². The van der Waals surface area contributed by atoms with Crippen molar-refractivity contribution in [3.8, 4) is 0 Å². The minimum absolute atomic E-state index is 0.0617. The second kappa shape index (κ2) is 6.77. The number of nitrogens with zero attached hydrogens (tertiary/aromatic N) is 4. The summed E-state index contributed by atoms with van der Waals surface area (Å²) in [5.41, 5.74) is 0.292. The van der Waals surface area contributed by atoms with E-state index in [9.17, 15) is 19.7 Å². The van der Waals surface area contributed by atoms with E-state index in [1.807, 2.05) is 0 Å². The van der Waals surface area contributed by atoms with E-state index in [1.54, 1.807) is 31.2 Å². The van der Waals surface area contributed by atoms with Crippen molar-refractivity contribution in [3.05, 3.63) is 61.8 Å². The number of carbonyl (C=O) groups is 1. The Bertz CT molecular complexity index is 1030. The molecule has 2 heterocycles. The van der Waals surface area contributed by atoms with Gasteiger partial charge in [-0.15, -0.1) is 0 Å². The second-order valence-corrected chi connectivity index (χ2v) is 6.29. The molecule has 128 valence electrons. The highest BCUT2D eigenvalue weighted by Gasteiger charge is 2.14. The minimum atomic E-state index is -0.535. The zero-order valence-electron chi connectivity index (χ0n) is 13.1. The van der Waals surface area contributed by atoms with E-state index in [0.717, 1.165) is 17.5 Å². The maximum atomic E-state index is 12.5. The molecule has 0 saturated carbocycles. The van der Waals surface area contributed by atoms with Gasteiger partial charge in [0.25, 0.3) is 5.56 Å². The lowest BCUT2D eigenvalue weighted by Crippen LogP contribution is -2.33. The maximum Gasteiger partial charge on any atom is 0.344 e. The number of nitrogens with one attached hydrogen (secondary N) is 1. The Morgan fingerprint density at radius 3 is 2.88 bits per heavy atom. The average molecular weight is 359 g/mol. The Morgan fingerprint density at radius 1 is 1.40 bits per heavy atom. The summed E-state index contributed by atoms with van der Waals surface area (Å²) in [6.07, 6.45) is 1.15. The summed E-state index contributed by atoms with van der Waals surface area (Å²) in [6, 6.07) is 6.93. The number of benzene rings is 1. The number of nitro groups is 1. The molecule has 0 aliphatic carbocycles. The molecule has 1 N–H and O–H groups in total. The first-order valence-electron chi connectivity index (χ1n) is 7.27. The lowest BCUT2D eigenvalue weighted by molar-refractivity contribution is -0.380. The van der Waals surface area contributed by atoms with Crippen LogP contribution >= 0.6 is 11.3 Å². The van der Waals surface area contributed by atoms with Crippen molar-refractivity contribution < 1.29 is 9.72 Å². The Hall–Kier alpha value is -3.14. The van der Waals surface area contributed by atoms with Crippen LogP contribution in [0, 0.1) is 17.0 Å². The molecule has 0 aliphatic heterocycles. The number of aromatic nitrogens is 3. The lowest BCUT2D eigenvalue weighted by Gasteiger charge is -2.10. The number of para-hydroxylation sites is 1. The topological polar surface area (TPSA) is 120 Å². The fraction of sp³-hybridized carbons (Fsp3) is 0.200. The van der Waals surface area contributed by atoms with Crippen molar-refractivity contribution in [3.63, 3.8) is 0 Å². The van der Waals surface area contributed by atoms with Gasteiger partial charge in [0.15, 0.2) is 0 Å². The third kappa shape index (κ3) is 3.53. The first-order chi connectivity index (χ1) is 12.0. The smallest absolute Gasteiger partial charge is 0.344 e. The van der Waals surface area contributed by atoms with Crippen LogP contribution in [0.1, 0.15) is 10.8 Å². The molecule has 25 heavy (non-hydrogen) atoms. The van der Waals surface area contributed by atoms with Gasteiger partial charge in [0, 0.05) is 0 Å². The monoisotopic (exact) mass is 359 g/mol. The summed E-state index contributed by atoms with van der Waals surface area (Å²) in [4.78, 5) is 42.9. The molecule has 2 aromatic heterocycles. The molecule has 0 fully saturated rings. The molecule has 3 rings (SSSR count). The van der Waals surface area contributed by atoms with E-state index in [0.29, 0.717) is 21.7 Å². The molecule has 1 amide bonds. The Balaban J connectivity index is 1.73. The highest BCUT2D eigenvalue weighted by Crippen LogP contribution is 2.20. The van der Waals surface area contributed by atoms with Crippen LogP contribution in [-0.2, 0) is 17.9 Å². The van der Waals surface area contributed by atoms with Crippen LogP contribution in [0.2, 0.25) is 0 Å². The second-order valence-electron chi connectivity index (χ2n) is 5.19. The molecule has 0 atom stereocenters. The molecule has 0 aliphatic rings. The Morgan fingerprint density at radius 2 is 2.16 bits per heavy atom. The van der Waals surface area contributed by atoms with Crippen LogP contribution in [-0.4, -0.2) is 25.4 Å².